The Kier molecular flexibility index (Phi) is 12.2. The minimum absolute atomic E-state index is 0.0693. The van der Waals surface area contributed by atoms with Gasteiger partial charge < -0.3 is 19.6 Å². The van der Waals surface area contributed by atoms with Crippen LogP contribution in [0.2, 0.25) is 0 Å². The Bertz CT molecular complexity index is 4340. The predicted octanol–water partition coefficient (Wildman–Crippen LogP) is 17.5. The monoisotopic (exact) mass is 1130 g/mol. The fourth-order valence-electron chi connectivity index (χ4n) is 13.7. The Morgan fingerprint density at radius 1 is 0.233 bits per heavy atom. The molecule has 13 aromatic rings. The average Bonchev–Trinajstić information content (AvgIpc) is 1.06. The van der Waals surface area contributed by atoms with E-state index < -0.39 is 0 Å². The summed E-state index contributed by atoms with van der Waals surface area (Å²) in [5.74, 6) is 0. The van der Waals surface area contributed by atoms with Crippen molar-refractivity contribution in [1.82, 2.24) is 0 Å². The molecule has 8 heteroatoms. The van der Waals surface area contributed by atoms with Gasteiger partial charge in [-0.1, -0.05) is 235 Å². The fourth-order valence-corrected chi connectivity index (χ4v) is 16.3. The maximum atomic E-state index is 2.64. The molecule has 0 saturated heterocycles. The highest BCUT2D eigenvalue weighted by Gasteiger charge is 2.46. The number of anilines is 12. The Balaban J connectivity index is 0.928. The van der Waals surface area contributed by atoms with Crippen LogP contribution < -0.4 is 52.4 Å². The normalized spacial score (nSPS) is 12.9. The smallest absolute Gasteiger partial charge is 0.249 e. The molecule has 0 N–H and O–H groups in total. The summed E-state index contributed by atoms with van der Waals surface area (Å²) in [6.07, 6.45) is 0. The lowest BCUT2D eigenvalue weighted by atomic mass is 9.31. The first-order valence-corrected chi connectivity index (χ1v) is 31.1. The molecule has 0 aromatic heterocycles. The molecule has 86 heavy (non-hydrogen) atoms. The molecule has 0 unspecified atom stereocenters. The van der Waals surface area contributed by atoms with Gasteiger partial charge in [0.2, 0.25) is 13.4 Å². The van der Waals surface area contributed by atoms with Crippen molar-refractivity contribution in [1.29, 1.82) is 0 Å². The van der Waals surface area contributed by atoms with Gasteiger partial charge in [-0.15, -0.1) is 0 Å². The van der Waals surface area contributed by atoms with E-state index in [0.717, 1.165) is 45.5 Å². The molecule has 17 rings (SSSR count). The number of rotatable bonds is 10. The summed E-state index contributed by atoms with van der Waals surface area (Å²) in [5.41, 5.74) is 26.3. The third-order valence-electron chi connectivity index (χ3n) is 17.5. The zero-order valence-corrected chi connectivity index (χ0v) is 48.4. The van der Waals surface area contributed by atoms with E-state index in [1.807, 2.05) is 23.5 Å². The van der Waals surface area contributed by atoms with E-state index in [0.29, 0.717) is 0 Å². The van der Waals surface area contributed by atoms with Gasteiger partial charge in [-0.05, 0) is 159 Å². The Morgan fingerprint density at radius 3 is 0.907 bits per heavy atom. The van der Waals surface area contributed by atoms with Crippen LogP contribution >= 0.6 is 23.5 Å². The van der Waals surface area contributed by atoms with Crippen molar-refractivity contribution in [2.24, 2.45) is 0 Å². The van der Waals surface area contributed by atoms with E-state index in [1.165, 1.54) is 97.4 Å². The molecule has 4 heterocycles. The predicted molar refractivity (Wildman–Crippen MR) is 366 cm³/mol. The van der Waals surface area contributed by atoms with Gasteiger partial charge in [0.25, 0.3) is 0 Å². The van der Waals surface area contributed by atoms with Gasteiger partial charge in [0.1, 0.15) is 0 Å². The van der Waals surface area contributed by atoms with Gasteiger partial charge in [-0.25, -0.2) is 0 Å². The fraction of sp³-hybridized carbons (Fsp3) is 0. The molecule has 13 aromatic carbocycles. The summed E-state index contributed by atoms with van der Waals surface area (Å²) in [6.45, 7) is -0.139. The highest BCUT2D eigenvalue weighted by molar-refractivity contribution is 8.01. The molecule has 4 nitrogen and oxygen atoms in total. The standard InChI is InChI=1S/C78H52B2N4S2/c1-9-25-53(26-10-1)55-41-43-65-69(45-55)83(61-37-21-7-22-38-61)71-47-63(81(57-29-13-3-14-30-57)58-31-15-4-16-32-58)49-75-77(71)79(65)67-51-68-74(52-73(67)85-75)86-76-50-64(82(59-33-17-5-18-34-59)60-35-19-6-20-36-60)48-72-78(76)80(68)66-44-42-56(54-27-11-2-12-28-54)46-70(66)84(72)62-39-23-8-24-40-62/h1-52H. The summed E-state index contributed by atoms with van der Waals surface area (Å²) in [4.78, 5) is 15.0. The molecular formula is C78H52B2N4S2. The van der Waals surface area contributed by atoms with E-state index in [9.17, 15) is 0 Å². The molecule has 0 saturated carbocycles. The van der Waals surface area contributed by atoms with Crippen molar-refractivity contribution in [3.05, 3.63) is 315 Å². The van der Waals surface area contributed by atoms with Crippen molar-refractivity contribution < 1.29 is 0 Å². The van der Waals surface area contributed by atoms with Gasteiger partial charge in [-0.2, -0.15) is 0 Å². The number of para-hydroxylation sites is 6. The first-order chi connectivity index (χ1) is 42.7. The molecule has 0 fully saturated rings. The van der Waals surface area contributed by atoms with Gasteiger partial charge in [-0.3, -0.25) is 0 Å². The second-order valence-electron chi connectivity index (χ2n) is 22.4. The van der Waals surface area contributed by atoms with Crippen LogP contribution in [-0.4, -0.2) is 13.4 Å². The minimum atomic E-state index is -0.0693. The van der Waals surface area contributed by atoms with Crippen LogP contribution in [0.15, 0.2) is 335 Å². The molecule has 0 atom stereocenters. The van der Waals surface area contributed by atoms with Crippen LogP contribution in [0, 0.1) is 0 Å². The quantitative estimate of drug-likeness (QED) is 0.126. The molecule has 0 amide bonds. The van der Waals surface area contributed by atoms with Crippen LogP contribution in [0.3, 0.4) is 0 Å². The zero-order valence-electron chi connectivity index (χ0n) is 46.8. The lowest BCUT2D eigenvalue weighted by molar-refractivity contribution is 1.22. The number of nitrogens with zero attached hydrogens (tertiary/aromatic N) is 4. The van der Waals surface area contributed by atoms with Crippen molar-refractivity contribution in [3.63, 3.8) is 0 Å². The van der Waals surface area contributed by atoms with Gasteiger partial charge >= 0.3 is 0 Å². The summed E-state index contributed by atoms with van der Waals surface area (Å²) < 4.78 is 0. The van der Waals surface area contributed by atoms with Crippen molar-refractivity contribution in [2.75, 3.05) is 19.6 Å². The van der Waals surface area contributed by atoms with Crippen molar-refractivity contribution in [2.45, 2.75) is 19.6 Å². The largest absolute Gasteiger partial charge is 0.311 e. The highest BCUT2D eigenvalue weighted by Crippen LogP contribution is 2.50. The first-order valence-electron chi connectivity index (χ1n) is 29.5. The molecule has 0 radical (unpaired) electrons. The number of fused-ring (bicyclic) bond motifs is 8. The molecule has 0 spiro atoms. The second kappa shape index (κ2) is 20.9. The lowest BCUT2D eigenvalue weighted by Crippen LogP contribution is -2.63. The van der Waals surface area contributed by atoms with Crippen LogP contribution in [0.1, 0.15) is 0 Å². The minimum Gasteiger partial charge on any atom is -0.311 e. The Morgan fingerprint density at radius 2 is 0.558 bits per heavy atom. The van der Waals surface area contributed by atoms with E-state index >= 15 is 0 Å². The van der Waals surface area contributed by atoms with E-state index in [-0.39, 0.29) is 13.4 Å². The van der Waals surface area contributed by atoms with Crippen molar-refractivity contribution >= 4 is 138 Å². The lowest BCUT2D eigenvalue weighted by Gasteiger charge is -2.43. The van der Waals surface area contributed by atoms with Gasteiger partial charge in [0, 0.05) is 87.8 Å². The van der Waals surface area contributed by atoms with Crippen LogP contribution in [0.5, 0.6) is 0 Å². The maximum absolute atomic E-state index is 2.64. The van der Waals surface area contributed by atoms with Gasteiger partial charge in [0.05, 0.1) is 0 Å². The SMILES string of the molecule is c1ccc(-c2ccc3c(c2)N(c2ccccc2)c2cc(N(c4ccccc4)c4ccccc4)cc4c2B3c2cc3c(cc2S4)Sc2cc(N(c4ccccc4)c4ccccc4)cc4c2B3c2ccc(-c3ccccc3)cc2N4c2ccccc2)cc1. The molecule has 4 aliphatic rings. The van der Waals surface area contributed by atoms with E-state index in [4.69, 9.17) is 0 Å². The van der Waals surface area contributed by atoms with Crippen LogP contribution in [0.4, 0.5) is 68.2 Å². The van der Waals surface area contributed by atoms with Crippen LogP contribution in [-0.2, 0) is 0 Å². The number of benzene rings is 13. The molecule has 0 aliphatic carbocycles. The Labute approximate surface area is 511 Å². The third-order valence-corrected chi connectivity index (χ3v) is 19.7. The first kappa shape index (κ1) is 50.4. The number of hydrogen-bond donors (Lipinski definition) is 0. The number of hydrogen-bond acceptors (Lipinski definition) is 6. The highest BCUT2D eigenvalue weighted by atomic mass is 32.2. The second-order valence-corrected chi connectivity index (χ2v) is 24.6. The molecule has 0 bridgehead atoms. The topological polar surface area (TPSA) is 13.0 Å². The average molecular weight is 1130 g/mol. The van der Waals surface area contributed by atoms with Gasteiger partial charge in [0.15, 0.2) is 0 Å². The maximum Gasteiger partial charge on any atom is 0.249 e. The molecule has 402 valence electrons. The third kappa shape index (κ3) is 8.42. The molecule has 4 aliphatic heterocycles. The van der Waals surface area contributed by atoms with E-state index in [1.54, 1.807) is 0 Å². The van der Waals surface area contributed by atoms with E-state index in [2.05, 4.69) is 335 Å². The zero-order chi connectivity index (χ0) is 56.7. The summed E-state index contributed by atoms with van der Waals surface area (Å²) in [7, 11) is 0. The summed E-state index contributed by atoms with van der Waals surface area (Å²) in [6, 6.07) is 117. The van der Waals surface area contributed by atoms with Crippen LogP contribution in [0.25, 0.3) is 22.3 Å². The van der Waals surface area contributed by atoms with Crippen molar-refractivity contribution in [3.8, 4) is 22.3 Å². The summed E-state index contributed by atoms with van der Waals surface area (Å²) >= 11 is 3.85. The Hall–Kier alpha value is -10.1. The summed E-state index contributed by atoms with van der Waals surface area (Å²) in [5, 5.41) is 0. The molecular weight excluding hydrogens is 1080 g/mol.